The first-order chi connectivity index (χ1) is 9.04. The third kappa shape index (κ3) is 2.52. The van der Waals surface area contributed by atoms with Crippen LogP contribution in [0.5, 0.6) is 0 Å². The van der Waals surface area contributed by atoms with E-state index in [0.717, 1.165) is 5.56 Å². The Hall–Kier alpha value is -2.10. The molecule has 0 unspecified atom stereocenters. The van der Waals surface area contributed by atoms with Crippen LogP contribution in [0.4, 0.5) is 0 Å². The molecule has 1 aromatic carbocycles. The van der Waals surface area contributed by atoms with E-state index in [4.69, 9.17) is 9.63 Å². The summed E-state index contributed by atoms with van der Waals surface area (Å²) in [4.78, 5) is 11.0. The molecule has 0 saturated heterocycles. The number of hydrogen-bond acceptors (Lipinski definition) is 3. The van der Waals surface area contributed by atoms with Gasteiger partial charge in [-0.2, -0.15) is 0 Å². The van der Waals surface area contributed by atoms with E-state index in [-0.39, 0.29) is 5.76 Å². The molecule has 1 N–H and O–H groups in total. The van der Waals surface area contributed by atoms with Crippen LogP contribution in [0, 0.1) is 0 Å². The first-order valence-corrected chi connectivity index (χ1v) is 6.36. The van der Waals surface area contributed by atoms with Crippen LogP contribution in [0.2, 0.25) is 0 Å². The monoisotopic (exact) mass is 259 g/mol. The Kier molecular flexibility index (Phi) is 3.69. The largest absolute Gasteiger partial charge is 0.475 e. The number of carbonyl (C=O) groups is 1. The van der Waals surface area contributed by atoms with E-state index in [1.54, 1.807) is 0 Å². The Bertz CT molecular complexity index is 582. The molecular formula is C15H17NO3. The highest BCUT2D eigenvalue weighted by atomic mass is 16.5. The zero-order valence-electron chi connectivity index (χ0n) is 11.3. The average molecular weight is 259 g/mol. The second kappa shape index (κ2) is 5.26. The van der Waals surface area contributed by atoms with Crippen molar-refractivity contribution in [2.24, 2.45) is 0 Å². The van der Waals surface area contributed by atoms with Gasteiger partial charge in [-0.3, -0.25) is 0 Å². The fraction of sp³-hybridized carbons (Fsp3) is 0.333. The molecule has 0 amide bonds. The zero-order chi connectivity index (χ0) is 14.0. The Balaban J connectivity index is 2.44. The van der Waals surface area contributed by atoms with Gasteiger partial charge >= 0.3 is 5.97 Å². The molecule has 4 heteroatoms. The number of carboxylic acid groups (broad SMARTS) is 1. The number of nitrogens with zero attached hydrogens (tertiary/aromatic N) is 1. The highest BCUT2D eigenvalue weighted by molar-refractivity contribution is 5.88. The van der Waals surface area contributed by atoms with Gasteiger partial charge in [-0.1, -0.05) is 50.2 Å². The standard InChI is InChI=1S/C15H17NO3/c1-4-12-13(16-19-14(12)15(17)18)11-7-5-10(6-8-11)9(2)3/h5-9H,4H2,1-3H3,(H,17,18). The molecule has 4 nitrogen and oxygen atoms in total. The minimum absolute atomic E-state index is 0.0644. The normalized spacial score (nSPS) is 10.9. The van der Waals surface area contributed by atoms with Crippen molar-refractivity contribution in [3.63, 3.8) is 0 Å². The quantitative estimate of drug-likeness (QED) is 0.908. The lowest BCUT2D eigenvalue weighted by molar-refractivity contribution is 0.0650. The number of rotatable bonds is 4. The second-order valence-electron chi connectivity index (χ2n) is 4.77. The van der Waals surface area contributed by atoms with Gasteiger partial charge < -0.3 is 9.63 Å². The lowest BCUT2D eigenvalue weighted by atomic mass is 9.98. The maximum Gasteiger partial charge on any atom is 0.375 e. The van der Waals surface area contributed by atoms with Crippen molar-refractivity contribution in [3.8, 4) is 11.3 Å². The summed E-state index contributed by atoms with van der Waals surface area (Å²) < 4.78 is 4.93. The number of aromatic nitrogens is 1. The number of hydrogen-bond donors (Lipinski definition) is 1. The highest BCUT2D eigenvalue weighted by Crippen LogP contribution is 2.27. The van der Waals surface area contributed by atoms with Crippen molar-refractivity contribution in [2.75, 3.05) is 0 Å². The van der Waals surface area contributed by atoms with Crippen LogP contribution >= 0.6 is 0 Å². The molecule has 0 fully saturated rings. The molecule has 0 aliphatic carbocycles. The molecule has 0 atom stereocenters. The van der Waals surface area contributed by atoms with Crippen LogP contribution in [0.25, 0.3) is 11.3 Å². The predicted octanol–water partition coefficient (Wildman–Crippen LogP) is 3.73. The average Bonchev–Trinajstić information content (AvgIpc) is 2.82. The molecule has 0 aliphatic heterocycles. The summed E-state index contributed by atoms with van der Waals surface area (Å²) in [5.74, 6) is -0.675. The van der Waals surface area contributed by atoms with E-state index in [9.17, 15) is 4.79 Å². The van der Waals surface area contributed by atoms with Gasteiger partial charge in [0.05, 0.1) is 0 Å². The van der Waals surface area contributed by atoms with E-state index in [1.165, 1.54) is 5.56 Å². The summed E-state index contributed by atoms with van der Waals surface area (Å²) in [7, 11) is 0. The topological polar surface area (TPSA) is 63.3 Å². The summed E-state index contributed by atoms with van der Waals surface area (Å²) in [6, 6.07) is 7.99. The third-order valence-electron chi connectivity index (χ3n) is 3.19. The van der Waals surface area contributed by atoms with Crippen molar-refractivity contribution in [2.45, 2.75) is 33.1 Å². The van der Waals surface area contributed by atoms with E-state index in [1.807, 2.05) is 31.2 Å². The first-order valence-electron chi connectivity index (χ1n) is 6.36. The van der Waals surface area contributed by atoms with Gasteiger partial charge in [0.1, 0.15) is 5.69 Å². The molecule has 0 bridgehead atoms. The van der Waals surface area contributed by atoms with Crippen molar-refractivity contribution in [1.29, 1.82) is 0 Å². The summed E-state index contributed by atoms with van der Waals surface area (Å²) in [6.07, 6.45) is 0.576. The fourth-order valence-electron chi connectivity index (χ4n) is 2.06. The minimum atomic E-state index is -1.07. The lowest BCUT2D eigenvalue weighted by Gasteiger charge is -2.06. The second-order valence-corrected chi connectivity index (χ2v) is 4.77. The molecular weight excluding hydrogens is 242 g/mol. The molecule has 1 aromatic heterocycles. The Morgan fingerprint density at radius 3 is 2.42 bits per heavy atom. The van der Waals surface area contributed by atoms with Crippen LogP contribution in [-0.2, 0) is 6.42 Å². The van der Waals surface area contributed by atoms with Crippen LogP contribution < -0.4 is 0 Å². The molecule has 100 valence electrons. The first kappa shape index (κ1) is 13.3. The summed E-state index contributed by atoms with van der Waals surface area (Å²) >= 11 is 0. The Labute approximate surface area is 112 Å². The highest BCUT2D eigenvalue weighted by Gasteiger charge is 2.21. The van der Waals surface area contributed by atoms with Crippen LogP contribution in [0.1, 0.15) is 48.4 Å². The maximum atomic E-state index is 11.0. The van der Waals surface area contributed by atoms with E-state index >= 15 is 0 Å². The predicted molar refractivity (Wildman–Crippen MR) is 72.4 cm³/mol. The summed E-state index contributed by atoms with van der Waals surface area (Å²) in [6.45, 7) is 6.15. The van der Waals surface area contributed by atoms with E-state index < -0.39 is 5.97 Å². The molecule has 2 rings (SSSR count). The van der Waals surface area contributed by atoms with Crippen LogP contribution in [0.15, 0.2) is 28.8 Å². The van der Waals surface area contributed by atoms with Gasteiger partial charge in [-0.15, -0.1) is 0 Å². The molecule has 2 aromatic rings. The molecule has 0 radical (unpaired) electrons. The van der Waals surface area contributed by atoms with Gasteiger partial charge in [0.15, 0.2) is 0 Å². The molecule has 19 heavy (non-hydrogen) atoms. The van der Waals surface area contributed by atoms with Gasteiger partial charge in [0.25, 0.3) is 0 Å². The maximum absolute atomic E-state index is 11.0. The van der Waals surface area contributed by atoms with Gasteiger partial charge in [0.2, 0.25) is 5.76 Å². The van der Waals surface area contributed by atoms with Gasteiger partial charge in [0, 0.05) is 11.1 Å². The van der Waals surface area contributed by atoms with Gasteiger partial charge in [-0.05, 0) is 17.9 Å². The molecule has 0 aliphatic rings. The van der Waals surface area contributed by atoms with Crippen molar-refractivity contribution >= 4 is 5.97 Å². The van der Waals surface area contributed by atoms with Crippen molar-refractivity contribution in [1.82, 2.24) is 5.16 Å². The summed E-state index contributed by atoms with van der Waals surface area (Å²) in [5, 5.41) is 12.9. The van der Waals surface area contributed by atoms with Crippen molar-refractivity contribution < 1.29 is 14.4 Å². The third-order valence-corrected chi connectivity index (χ3v) is 3.19. The van der Waals surface area contributed by atoms with Crippen LogP contribution in [0.3, 0.4) is 0 Å². The van der Waals surface area contributed by atoms with Crippen molar-refractivity contribution in [3.05, 3.63) is 41.2 Å². The number of aromatic carboxylic acids is 1. The number of carboxylic acids is 1. The SMILES string of the molecule is CCc1c(-c2ccc(C(C)C)cc2)noc1C(=O)O. The fourth-order valence-corrected chi connectivity index (χ4v) is 2.06. The van der Waals surface area contributed by atoms with Gasteiger partial charge in [-0.25, -0.2) is 4.79 Å². The smallest absolute Gasteiger partial charge is 0.375 e. The Morgan fingerprint density at radius 2 is 1.95 bits per heavy atom. The minimum Gasteiger partial charge on any atom is -0.475 e. The lowest BCUT2D eigenvalue weighted by Crippen LogP contribution is -1.98. The molecule has 0 saturated carbocycles. The molecule has 0 spiro atoms. The Morgan fingerprint density at radius 1 is 1.32 bits per heavy atom. The van der Waals surface area contributed by atoms with E-state index in [2.05, 4.69) is 19.0 Å². The molecule has 1 heterocycles. The summed E-state index contributed by atoms with van der Waals surface area (Å²) in [5.41, 5.74) is 3.39. The zero-order valence-corrected chi connectivity index (χ0v) is 11.3. The van der Waals surface area contributed by atoms with E-state index in [0.29, 0.717) is 23.6 Å². The number of benzene rings is 1. The van der Waals surface area contributed by atoms with Crippen LogP contribution in [-0.4, -0.2) is 16.2 Å².